The number of nitrogens with zero attached hydrogens (tertiary/aromatic N) is 3. The zero-order valence-corrected chi connectivity index (χ0v) is 22.8. The largest absolute Gasteiger partial charge is 0.380 e. The Morgan fingerprint density at radius 3 is 2.51 bits per heavy atom. The summed E-state index contributed by atoms with van der Waals surface area (Å²) >= 11 is 0. The molecule has 0 spiro atoms. The van der Waals surface area contributed by atoms with Crippen molar-refractivity contribution in [3.63, 3.8) is 0 Å². The van der Waals surface area contributed by atoms with E-state index in [1.165, 1.54) is 32.1 Å². The first-order chi connectivity index (χ1) is 18.0. The predicted octanol–water partition coefficient (Wildman–Crippen LogP) is -0.207. The van der Waals surface area contributed by atoms with Crippen molar-refractivity contribution in [3.05, 3.63) is 0 Å². The Hall–Kier alpha value is -0.850. The third kappa shape index (κ3) is 4.86. The minimum atomic E-state index is -0.0975. The van der Waals surface area contributed by atoms with E-state index in [0.29, 0.717) is 36.3 Å². The van der Waals surface area contributed by atoms with Crippen LogP contribution in [-0.2, 0) is 9.53 Å². The van der Waals surface area contributed by atoms with E-state index < -0.39 is 0 Å². The third-order valence-corrected chi connectivity index (χ3v) is 10.8. The van der Waals surface area contributed by atoms with Crippen LogP contribution in [0.2, 0.25) is 0 Å². The second-order valence-electron chi connectivity index (χ2n) is 13.5. The molecule has 8 unspecified atom stereocenters. The van der Waals surface area contributed by atoms with Crippen molar-refractivity contribution >= 4 is 5.91 Å². The number of piperidine rings is 1. The van der Waals surface area contributed by atoms with Gasteiger partial charge in [0.15, 0.2) is 0 Å². The van der Waals surface area contributed by atoms with E-state index in [0.717, 1.165) is 58.7 Å². The van der Waals surface area contributed by atoms with Gasteiger partial charge in [0.25, 0.3) is 0 Å². The number of hydrazine groups is 1. The van der Waals surface area contributed by atoms with Gasteiger partial charge in [-0.15, -0.1) is 0 Å². The molecule has 8 fully saturated rings. The molecule has 1 amide bonds. The molecular formula is C27H48N8O2. The van der Waals surface area contributed by atoms with E-state index in [9.17, 15) is 4.79 Å². The number of ether oxygens (including phenoxy) is 1. The minimum Gasteiger partial charge on any atom is -0.380 e. The van der Waals surface area contributed by atoms with Gasteiger partial charge in [-0.05, 0) is 70.9 Å². The standard InChI is InChI=1S/C27H48N8O2/c1-33-12-20-9-21(13-33)35(20)23-10-22(30-25(31-23)17-6-7-17)26(36)29-19-5-3-4-18(8-19)27(14-37-15-27)11-24-32-28-16-34(24)2/h17-25,28,30-32H,3-16H2,1-2H3,(H,29,36). The lowest BCUT2D eigenvalue weighted by atomic mass is 9.64. The van der Waals surface area contributed by atoms with Crippen molar-refractivity contribution in [1.82, 2.24) is 41.5 Å². The molecule has 5 N–H and O–H groups in total. The van der Waals surface area contributed by atoms with E-state index in [2.05, 4.69) is 55.6 Å². The maximum Gasteiger partial charge on any atom is 0.237 e. The van der Waals surface area contributed by atoms with Gasteiger partial charge in [0.05, 0.1) is 44.4 Å². The molecular weight excluding hydrogens is 468 g/mol. The second-order valence-corrected chi connectivity index (χ2v) is 13.5. The van der Waals surface area contributed by atoms with Gasteiger partial charge in [0, 0.05) is 43.1 Å². The van der Waals surface area contributed by atoms with Crippen molar-refractivity contribution in [2.75, 3.05) is 47.1 Å². The molecule has 208 valence electrons. The SMILES string of the molecule is CN1CC2CC(C1)N2C1CC(C(=O)NC2CCCC(C3(CC4NNCN4C)COC3)C2)NC(C2CC2)N1. The smallest absolute Gasteiger partial charge is 0.237 e. The molecule has 0 aromatic rings. The highest BCUT2D eigenvalue weighted by molar-refractivity contribution is 5.82. The third-order valence-electron chi connectivity index (χ3n) is 10.8. The summed E-state index contributed by atoms with van der Waals surface area (Å²) in [4.78, 5) is 21.2. The number of piperazine rings is 1. The Kier molecular flexibility index (Phi) is 6.77. The molecule has 8 aliphatic rings. The van der Waals surface area contributed by atoms with E-state index in [-0.39, 0.29) is 29.6 Å². The summed E-state index contributed by atoms with van der Waals surface area (Å²) < 4.78 is 5.80. The average molecular weight is 517 g/mol. The Morgan fingerprint density at radius 2 is 1.84 bits per heavy atom. The number of carbonyl (C=O) groups is 1. The van der Waals surface area contributed by atoms with Gasteiger partial charge in [-0.3, -0.25) is 25.2 Å². The molecule has 10 nitrogen and oxygen atoms in total. The molecule has 0 aromatic carbocycles. The van der Waals surface area contributed by atoms with E-state index in [1.54, 1.807) is 0 Å². The number of amides is 1. The predicted molar refractivity (Wildman–Crippen MR) is 141 cm³/mol. The van der Waals surface area contributed by atoms with Crippen LogP contribution in [0.4, 0.5) is 0 Å². The first-order valence-corrected chi connectivity index (χ1v) is 15.0. The fourth-order valence-corrected chi connectivity index (χ4v) is 8.45. The maximum absolute atomic E-state index is 13.7. The monoisotopic (exact) mass is 516 g/mol. The van der Waals surface area contributed by atoms with E-state index in [4.69, 9.17) is 4.74 Å². The summed E-state index contributed by atoms with van der Waals surface area (Å²) in [6.45, 7) is 4.91. The topological polar surface area (TPSA) is 96.2 Å². The first kappa shape index (κ1) is 25.1. The summed E-state index contributed by atoms with van der Waals surface area (Å²) in [6, 6.07) is 1.47. The van der Waals surface area contributed by atoms with Crippen LogP contribution in [0.3, 0.4) is 0 Å². The van der Waals surface area contributed by atoms with Crippen molar-refractivity contribution in [2.24, 2.45) is 17.3 Å². The van der Waals surface area contributed by atoms with Crippen molar-refractivity contribution in [3.8, 4) is 0 Å². The van der Waals surface area contributed by atoms with Crippen LogP contribution >= 0.6 is 0 Å². The molecule has 6 aliphatic heterocycles. The lowest BCUT2D eigenvalue weighted by Gasteiger charge is -2.60. The molecule has 2 saturated carbocycles. The minimum absolute atomic E-state index is 0.0975. The number of likely N-dealkylation sites (N-methyl/N-ethyl adjacent to an activating group) is 1. The number of fused-ring (bicyclic) bond motifs is 2. The summed E-state index contributed by atoms with van der Waals surface area (Å²) in [5.74, 6) is 1.52. The normalized spacial score (nSPS) is 44.7. The molecule has 0 radical (unpaired) electrons. The Morgan fingerprint density at radius 1 is 1.03 bits per heavy atom. The van der Waals surface area contributed by atoms with Crippen LogP contribution in [0.25, 0.3) is 0 Å². The van der Waals surface area contributed by atoms with Gasteiger partial charge < -0.3 is 15.0 Å². The van der Waals surface area contributed by atoms with Crippen LogP contribution < -0.4 is 26.8 Å². The summed E-state index contributed by atoms with van der Waals surface area (Å²) in [5.41, 5.74) is 6.96. The molecule has 6 saturated heterocycles. The highest BCUT2D eigenvalue weighted by Gasteiger charge is 2.52. The zero-order chi connectivity index (χ0) is 25.1. The van der Waals surface area contributed by atoms with Gasteiger partial charge in [0.1, 0.15) is 0 Å². The summed E-state index contributed by atoms with van der Waals surface area (Å²) in [7, 11) is 4.42. The number of hydrogen-bond acceptors (Lipinski definition) is 9. The van der Waals surface area contributed by atoms with Crippen molar-refractivity contribution in [2.45, 2.75) is 100 Å². The second kappa shape index (κ2) is 9.96. The molecule has 2 aliphatic carbocycles. The maximum atomic E-state index is 13.7. The number of nitrogens with one attached hydrogen (secondary N) is 5. The van der Waals surface area contributed by atoms with E-state index >= 15 is 0 Å². The molecule has 10 heteroatoms. The van der Waals surface area contributed by atoms with Crippen molar-refractivity contribution in [1.29, 1.82) is 0 Å². The van der Waals surface area contributed by atoms with Crippen molar-refractivity contribution < 1.29 is 9.53 Å². The van der Waals surface area contributed by atoms with Gasteiger partial charge in [-0.1, -0.05) is 6.42 Å². The molecule has 8 atom stereocenters. The first-order valence-electron chi connectivity index (χ1n) is 15.0. The highest BCUT2D eigenvalue weighted by atomic mass is 16.5. The lowest BCUT2D eigenvalue weighted by molar-refractivity contribution is -0.166. The fourth-order valence-electron chi connectivity index (χ4n) is 8.45. The fraction of sp³-hybridized carbons (Fsp3) is 0.963. The number of hydrogen-bond donors (Lipinski definition) is 5. The van der Waals surface area contributed by atoms with Gasteiger partial charge in [-0.2, -0.15) is 0 Å². The molecule has 0 aromatic heterocycles. The highest BCUT2D eigenvalue weighted by Crippen LogP contribution is 2.47. The van der Waals surface area contributed by atoms with Crippen LogP contribution in [-0.4, -0.2) is 110 Å². The number of rotatable bonds is 7. The molecule has 2 bridgehead atoms. The molecule has 6 heterocycles. The van der Waals surface area contributed by atoms with Crippen LogP contribution in [0.1, 0.15) is 57.8 Å². The Balaban J connectivity index is 0.983. The molecule has 37 heavy (non-hydrogen) atoms. The van der Waals surface area contributed by atoms with Gasteiger partial charge in [0.2, 0.25) is 5.91 Å². The summed E-state index contributed by atoms with van der Waals surface area (Å²) in [5, 5.41) is 11.2. The Labute approximate surface area is 221 Å². The zero-order valence-electron chi connectivity index (χ0n) is 22.8. The lowest BCUT2D eigenvalue weighted by Crippen LogP contribution is -2.76. The van der Waals surface area contributed by atoms with Crippen LogP contribution in [0.5, 0.6) is 0 Å². The Bertz CT molecular complexity index is 840. The van der Waals surface area contributed by atoms with Crippen LogP contribution in [0, 0.1) is 17.3 Å². The number of carbonyl (C=O) groups excluding carboxylic acids is 1. The summed E-state index contributed by atoms with van der Waals surface area (Å²) in [6.07, 6.45) is 11.4. The van der Waals surface area contributed by atoms with E-state index in [1.807, 2.05) is 0 Å². The van der Waals surface area contributed by atoms with Gasteiger partial charge >= 0.3 is 0 Å². The quantitative estimate of drug-likeness (QED) is 0.315. The molecule has 8 rings (SSSR count). The van der Waals surface area contributed by atoms with Crippen LogP contribution in [0.15, 0.2) is 0 Å². The van der Waals surface area contributed by atoms with Gasteiger partial charge in [-0.25, -0.2) is 10.9 Å². The average Bonchev–Trinajstić information content (AvgIpc) is 3.63.